The summed E-state index contributed by atoms with van der Waals surface area (Å²) < 4.78 is 5.74. The Labute approximate surface area is 120 Å². The quantitative estimate of drug-likeness (QED) is 0.819. The van der Waals surface area contributed by atoms with Gasteiger partial charge in [-0.25, -0.2) is 4.98 Å². The van der Waals surface area contributed by atoms with E-state index in [2.05, 4.69) is 39.5 Å². The number of aryl methyl sites for hydroxylation is 1. The highest BCUT2D eigenvalue weighted by Gasteiger charge is 2.17. The average Bonchev–Trinajstić information content (AvgIpc) is 2.45. The van der Waals surface area contributed by atoms with E-state index in [4.69, 9.17) is 4.74 Å². The molecule has 0 bridgehead atoms. The highest BCUT2D eigenvalue weighted by molar-refractivity contribution is 5.46. The van der Waals surface area contributed by atoms with Crippen molar-refractivity contribution in [3.8, 4) is 0 Å². The third kappa shape index (κ3) is 4.31. The fraction of sp³-hybridized carbons (Fsp3) is 0.714. The standard InChI is InChI=1S/C14H25N5O/c1-4-5-15-14-17-8-11(2)13(18-14)16-9-12-10-19(3)6-7-20-12/h8,12H,4-7,9-10H2,1-3H3,(H2,15,16,17,18). The van der Waals surface area contributed by atoms with Crippen LogP contribution in [0.25, 0.3) is 0 Å². The Hall–Kier alpha value is -1.40. The maximum Gasteiger partial charge on any atom is 0.224 e. The fourth-order valence-corrected chi connectivity index (χ4v) is 2.14. The molecular formula is C14H25N5O. The maximum atomic E-state index is 5.74. The van der Waals surface area contributed by atoms with Crippen molar-refractivity contribution in [3.63, 3.8) is 0 Å². The van der Waals surface area contributed by atoms with Crippen molar-refractivity contribution in [2.75, 3.05) is 50.5 Å². The van der Waals surface area contributed by atoms with Gasteiger partial charge in [0.2, 0.25) is 5.95 Å². The summed E-state index contributed by atoms with van der Waals surface area (Å²) in [5.74, 6) is 1.57. The van der Waals surface area contributed by atoms with Gasteiger partial charge in [-0.05, 0) is 20.4 Å². The van der Waals surface area contributed by atoms with Gasteiger partial charge >= 0.3 is 0 Å². The zero-order valence-corrected chi connectivity index (χ0v) is 12.6. The number of likely N-dealkylation sites (N-methyl/N-ethyl adjacent to an activating group) is 1. The predicted octanol–water partition coefficient (Wildman–Crippen LogP) is 1.35. The SMILES string of the molecule is CCCNc1ncc(C)c(NCC2CN(C)CCO2)n1. The van der Waals surface area contributed by atoms with Crippen molar-refractivity contribution in [3.05, 3.63) is 11.8 Å². The monoisotopic (exact) mass is 279 g/mol. The summed E-state index contributed by atoms with van der Waals surface area (Å²) >= 11 is 0. The molecule has 2 rings (SSSR count). The predicted molar refractivity (Wildman–Crippen MR) is 81.3 cm³/mol. The van der Waals surface area contributed by atoms with Crippen molar-refractivity contribution in [1.29, 1.82) is 0 Å². The first kappa shape index (κ1) is 15.0. The Balaban J connectivity index is 1.90. The molecule has 0 radical (unpaired) electrons. The van der Waals surface area contributed by atoms with Crippen LogP contribution >= 0.6 is 0 Å². The van der Waals surface area contributed by atoms with E-state index in [-0.39, 0.29) is 6.10 Å². The smallest absolute Gasteiger partial charge is 0.224 e. The second-order valence-electron chi connectivity index (χ2n) is 5.29. The first-order valence-electron chi connectivity index (χ1n) is 7.30. The zero-order valence-electron chi connectivity index (χ0n) is 12.6. The molecule has 1 atom stereocenters. The molecule has 1 aliphatic rings. The molecule has 1 unspecified atom stereocenters. The van der Waals surface area contributed by atoms with E-state index >= 15 is 0 Å². The lowest BCUT2D eigenvalue weighted by Gasteiger charge is -2.30. The lowest BCUT2D eigenvalue weighted by atomic mass is 10.2. The van der Waals surface area contributed by atoms with Gasteiger partial charge in [0.05, 0.1) is 12.7 Å². The van der Waals surface area contributed by atoms with E-state index in [1.807, 2.05) is 13.1 Å². The molecule has 0 amide bonds. The van der Waals surface area contributed by atoms with Gasteiger partial charge in [0, 0.05) is 37.9 Å². The number of morpholine rings is 1. The van der Waals surface area contributed by atoms with Gasteiger partial charge in [-0.15, -0.1) is 0 Å². The number of hydrogen-bond acceptors (Lipinski definition) is 6. The number of aromatic nitrogens is 2. The second-order valence-corrected chi connectivity index (χ2v) is 5.29. The van der Waals surface area contributed by atoms with Gasteiger partial charge < -0.3 is 20.3 Å². The van der Waals surface area contributed by atoms with Gasteiger partial charge in [-0.3, -0.25) is 0 Å². The minimum Gasteiger partial charge on any atom is -0.374 e. The molecular weight excluding hydrogens is 254 g/mol. The topological polar surface area (TPSA) is 62.3 Å². The molecule has 6 heteroatoms. The largest absolute Gasteiger partial charge is 0.374 e. The van der Waals surface area contributed by atoms with Crippen LogP contribution in [-0.2, 0) is 4.74 Å². The average molecular weight is 279 g/mol. The van der Waals surface area contributed by atoms with Crippen molar-refractivity contribution >= 4 is 11.8 Å². The van der Waals surface area contributed by atoms with E-state index in [1.54, 1.807) is 0 Å². The molecule has 0 spiro atoms. The first-order valence-corrected chi connectivity index (χ1v) is 7.30. The van der Waals surface area contributed by atoms with Crippen LogP contribution in [-0.4, -0.2) is 60.8 Å². The van der Waals surface area contributed by atoms with E-state index in [0.29, 0.717) is 5.95 Å². The van der Waals surface area contributed by atoms with Crippen molar-refractivity contribution < 1.29 is 4.74 Å². The summed E-state index contributed by atoms with van der Waals surface area (Å²) in [4.78, 5) is 11.1. The summed E-state index contributed by atoms with van der Waals surface area (Å²) in [7, 11) is 2.12. The molecule has 1 aromatic rings. The van der Waals surface area contributed by atoms with Crippen LogP contribution < -0.4 is 10.6 Å². The minimum absolute atomic E-state index is 0.218. The second kappa shape index (κ2) is 7.40. The van der Waals surface area contributed by atoms with Crippen molar-refractivity contribution in [1.82, 2.24) is 14.9 Å². The number of hydrogen-bond donors (Lipinski definition) is 2. The lowest BCUT2D eigenvalue weighted by molar-refractivity contribution is -0.0117. The Kier molecular flexibility index (Phi) is 5.55. The minimum atomic E-state index is 0.218. The van der Waals surface area contributed by atoms with Gasteiger partial charge in [0.15, 0.2) is 0 Å². The highest BCUT2D eigenvalue weighted by Crippen LogP contribution is 2.13. The molecule has 0 aromatic carbocycles. The Morgan fingerprint density at radius 1 is 1.45 bits per heavy atom. The summed E-state index contributed by atoms with van der Waals surface area (Å²) in [6, 6.07) is 0. The molecule has 1 fully saturated rings. The number of anilines is 2. The number of nitrogens with one attached hydrogen (secondary N) is 2. The summed E-state index contributed by atoms with van der Waals surface area (Å²) in [6.45, 7) is 8.56. The molecule has 2 N–H and O–H groups in total. The molecule has 0 aliphatic carbocycles. The third-order valence-electron chi connectivity index (χ3n) is 3.34. The Morgan fingerprint density at radius 2 is 2.30 bits per heavy atom. The maximum absolute atomic E-state index is 5.74. The first-order chi connectivity index (χ1) is 9.69. The normalized spacial score (nSPS) is 19.9. The van der Waals surface area contributed by atoms with Crippen molar-refractivity contribution in [2.45, 2.75) is 26.4 Å². The zero-order chi connectivity index (χ0) is 14.4. The molecule has 1 aliphatic heterocycles. The van der Waals surface area contributed by atoms with Crippen LogP contribution in [0.15, 0.2) is 6.20 Å². The molecule has 2 heterocycles. The Bertz CT molecular complexity index is 426. The van der Waals surface area contributed by atoms with E-state index in [0.717, 1.165) is 50.6 Å². The molecule has 0 saturated carbocycles. The van der Waals surface area contributed by atoms with Crippen LogP contribution in [0, 0.1) is 6.92 Å². The molecule has 112 valence electrons. The number of rotatable bonds is 6. The van der Waals surface area contributed by atoms with Gasteiger partial charge in [0.25, 0.3) is 0 Å². The van der Waals surface area contributed by atoms with E-state index < -0.39 is 0 Å². The Morgan fingerprint density at radius 3 is 3.05 bits per heavy atom. The molecule has 1 saturated heterocycles. The summed E-state index contributed by atoms with van der Waals surface area (Å²) in [5.41, 5.74) is 1.05. The highest BCUT2D eigenvalue weighted by atomic mass is 16.5. The van der Waals surface area contributed by atoms with E-state index in [1.165, 1.54) is 0 Å². The van der Waals surface area contributed by atoms with E-state index in [9.17, 15) is 0 Å². The fourth-order valence-electron chi connectivity index (χ4n) is 2.14. The number of nitrogens with zero attached hydrogens (tertiary/aromatic N) is 3. The summed E-state index contributed by atoms with van der Waals surface area (Å²) in [6.07, 6.45) is 3.12. The molecule has 1 aromatic heterocycles. The van der Waals surface area contributed by atoms with Crippen LogP contribution in [0.5, 0.6) is 0 Å². The van der Waals surface area contributed by atoms with Crippen LogP contribution in [0.4, 0.5) is 11.8 Å². The van der Waals surface area contributed by atoms with Gasteiger partial charge in [-0.1, -0.05) is 6.92 Å². The molecule has 20 heavy (non-hydrogen) atoms. The van der Waals surface area contributed by atoms with Gasteiger partial charge in [0.1, 0.15) is 5.82 Å². The van der Waals surface area contributed by atoms with Crippen LogP contribution in [0.3, 0.4) is 0 Å². The lowest BCUT2D eigenvalue weighted by Crippen LogP contribution is -2.43. The molecule has 6 nitrogen and oxygen atoms in total. The summed E-state index contributed by atoms with van der Waals surface area (Å²) in [5, 5.41) is 6.58. The van der Waals surface area contributed by atoms with Gasteiger partial charge in [-0.2, -0.15) is 4.98 Å². The number of ether oxygens (including phenoxy) is 1. The van der Waals surface area contributed by atoms with Crippen molar-refractivity contribution in [2.24, 2.45) is 0 Å². The van der Waals surface area contributed by atoms with Crippen LogP contribution in [0.2, 0.25) is 0 Å². The third-order valence-corrected chi connectivity index (χ3v) is 3.34. The van der Waals surface area contributed by atoms with Crippen LogP contribution in [0.1, 0.15) is 18.9 Å².